The number of carbonyl (C=O) groups is 1. The highest BCUT2D eigenvalue weighted by molar-refractivity contribution is 6.08. The van der Waals surface area contributed by atoms with Crippen molar-refractivity contribution in [2.75, 3.05) is 5.32 Å². The minimum Gasteiger partial charge on any atom is -0.322 e. The lowest BCUT2D eigenvalue weighted by molar-refractivity contribution is 0.102. The smallest absolute Gasteiger partial charge is 0.259 e. The molecule has 2 aromatic heterocycles. The molecule has 0 spiro atoms. The Hall–Kier alpha value is -3.80. The molecule has 2 aromatic carbocycles. The van der Waals surface area contributed by atoms with E-state index in [9.17, 15) is 9.18 Å². The summed E-state index contributed by atoms with van der Waals surface area (Å²) in [5.41, 5.74) is 2.91. The van der Waals surface area contributed by atoms with E-state index in [2.05, 4.69) is 15.4 Å². The maximum atomic E-state index is 13.7. The average molecular weight is 358 g/mol. The monoisotopic (exact) mass is 358 g/mol. The lowest BCUT2D eigenvalue weighted by Gasteiger charge is -2.10. The van der Waals surface area contributed by atoms with E-state index in [0.29, 0.717) is 22.6 Å². The molecule has 0 aliphatic rings. The molecule has 5 nitrogen and oxygen atoms in total. The number of aromatic nitrogens is 3. The highest BCUT2D eigenvalue weighted by Gasteiger charge is 2.20. The molecule has 0 radical (unpaired) electrons. The van der Waals surface area contributed by atoms with Gasteiger partial charge in [0.1, 0.15) is 5.82 Å². The van der Waals surface area contributed by atoms with Crippen molar-refractivity contribution in [3.63, 3.8) is 0 Å². The van der Waals surface area contributed by atoms with E-state index >= 15 is 0 Å². The van der Waals surface area contributed by atoms with Crippen LogP contribution in [-0.2, 0) is 0 Å². The molecule has 0 atom stereocenters. The number of amides is 1. The van der Waals surface area contributed by atoms with Crippen LogP contribution in [0, 0.1) is 5.82 Å². The maximum absolute atomic E-state index is 13.7. The first kappa shape index (κ1) is 16.7. The highest BCUT2D eigenvalue weighted by Crippen LogP contribution is 2.27. The van der Waals surface area contributed by atoms with Gasteiger partial charge in [0.25, 0.3) is 5.91 Å². The zero-order chi connectivity index (χ0) is 18.6. The SMILES string of the molecule is O=C(Nc1ccccc1)c1cnn(-c2cccc(F)c2)c1-c1ccncc1. The first-order valence-corrected chi connectivity index (χ1v) is 8.33. The van der Waals surface area contributed by atoms with E-state index in [4.69, 9.17) is 0 Å². The number of nitrogens with zero attached hydrogens (tertiary/aromatic N) is 3. The van der Waals surface area contributed by atoms with E-state index in [0.717, 1.165) is 5.56 Å². The molecule has 0 aliphatic heterocycles. The van der Waals surface area contributed by atoms with Crippen molar-refractivity contribution in [3.05, 3.63) is 96.7 Å². The molecule has 6 heteroatoms. The largest absolute Gasteiger partial charge is 0.322 e. The van der Waals surface area contributed by atoms with Crippen molar-refractivity contribution >= 4 is 11.6 Å². The van der Waals surface area contributed by atoms with Crippen LogP contribution >= 0.6 is 0 Å². The standard InChI is InChI=1S/C21H15FN4O/c22-16-5-4-8-18(13-16)26-20(15-9-11-23-12-10-15)19(14-24-26)21(27)25-17-6-2-1-3-7-17/h1-14H,(H,25,27). The highest BCUT2D eigenvalue weighted by atomic mass is 19.1. The molecule has 2 heterocycles. The fourth-order valence-electron chi connectivity index (χ4n) is 2.83. The molecule has 27 heavy (non-hydrogen) atoms. The van der Waals surface area contributed by atoms with Crippen LogP contribution in [0.5, 0.6) is 0 Å². The third kappa shape index (κ3) is 3.46. The van der Waals surface area contributed by atoms with Crippen molar-refractivity contribution in [1.29, 1.82) is 0 Å². The fourth-order valence-corrected chi connectivity index (χ4v) is 2.83. The molecule has 4 aromatic rings. The van der Waals surface area contributed by atoms with Crippen LogP contribution in [0.25, 0.3) is 16.9 Å². The zero-order valence-corrected chi connectivity index (χ0v) is 14.2. The van der Waals surface area contributed by atoms with Gasteiger partial charge in [-0.2, -0.15) is 5.10 Å². The summed E-state index contributed by atoms with van der Waals surface area (Å²) in [5.74, 6) is -0.672. The Bertz CT molecular complexity index is 1080. The second-order valence-electron chi connectivity index (χ2n) is 5.85. The van der Waals surface area contributed by atoms with Crippen LogP contribution in [0.1, 0.15) is 10.4 Å². The number of para-hydroxylation sites is 1. The van der Waals surface area contributed by atoms with Crippen molar-refractivity contribution in [2.24, 2.45) is 0 Å². The first-order chi connectivity index (χ1) is 13.2. The number of nitrogens with one attached hydrogen (secondary N) is 1. The Morgan fingerprint density at radius 3 is 2.48 bits per heavy atom. The van der Waals surface area contributed by atoms with Crippen LogP contribution in [0.15, 0.2) is 85.3 Å². The van der Waals surface area contributed by atoms with Gasteiger partial charge in [-0.05, 0) is 42.5 Å². The Morgan fingerprint density at radius 2 is 1.74 bits per heavy atom. The van der Waals surface area contributed by atoms with Crippen molar-refractivity contribution in [3.8, 4) is 16.9 Å². The zero-order valence-electron chi connectivity index (χ0n) is 14.2. The summed E-state index contributed by atoms with van der Waals surface area (Å²) in [6.07, 6.45) is 4.76. The summed E-state index contributed by atoms with van der Waals surface area (Å²) in [7, 11) is 0. The lowest BCUT2D eigenvalue weighted by atomic mass is 10.1. The summed E-state index contributed by atoms with van der Waals surface area (Å²) in [5, 5.41) is 7.20. The van der Waals surface area contributed by atoms with Gasteiger partial charge >= 0.3 is 0 Å². The summed E-state index contributed by atoms with van der Waals surface area (Å²) in [6, 6.07) is 18.8. The fraction of sp³-hybridized carbons (Fsp3) is 0. The number of halogens is 1. The number of pyridine rings is 1. The van der Waals surface area contributed by atoms with E-state index in [-0.39, 0.29) is 11.7 Å². The van der Waals surface area contributed by atoms with Gasteiger partial charge in [0.2, 0.25) is 0 Å². The van der Waals surface area contributed by atoms with Crippen LogP contribution in [0.4, 0.5) is 10.1 Å². The second-order valence-corrected chi connectivity index (χ2v) is 5.85. The topological polar surface area (TPSA) is 59.8 Å². The van der Waals surface area contributed by atoms with Crippen LogP contribution in [0.2, 0.25) is 0 Å². The molecule has 132 valence electrons. The average Bonchev–Trinajstić information content (AvgIpc) is 3.15. The Kier molecular flexibility index (Phi) is 4.45. The van der Waals surface area contributed by atoms with Crippen LogP contribution in [-0.4, -0.2) is 20.7 Å². The number of hydrogen-bond acceptors (Lipinski definition) is 3. The quantitative estimate of drug-likeness (QED) is 0.591. The predicted molar refractivity (Wildman–Crippen MR) is 101 cm³/mol. The third-order valence-corrected chi connectivity index (χ3v) is 4.05. The summed E-state index contributed by atoms with van der Waals surface area (Å²) in [6.45, 7) is 0. The van der Waals surface area contributed by atoms with Gasteiger partial charge in [0, 0.05) is 23.6 Å². The Morgan fingerprint density at radius 1 is 0.963 bits per heavy atom. The molecule has 0 fully saturated rings. The van der Waals surface area contributed by atoms with Gasteiger partial charge in [0.15, 0.2) is 0 Å². The van der Waals surface area contributed by atoms with Crippen molar-refractivity contribution < 1.29 is 9.18 Å². The predicted octanol–water partition coefficient (Wildman–Crippen LogP) is 4.33. The van der Waals surface area contributed by atoms with Crippen molar-refractivity contribution in [2.45, 2.75) is 0 Å². The molecule has 0 bridgehead atoms. The summed E-state index contributed by atoms with van der Waals surface area (Å²) >= 11 is 0. The van der Waals surface area contributed by atoms with Gasteiger partial charge in [0.05, 0.1) is 23.1 Å². The molecular formula is C21H15FN4O. The first-order valence-electron chi connectivity index (χ1n) is 8.33. The van der Waals surface area contributed by atoms with Gasteiger partial charge in [-0.25, -0.2) is 9.07 Å². The van der Waals surface area contributed by atoms with Gasteiger partial charge < -0.3 is 5.32 Å². The molecule has 4 rings (SSSR count). The van der Waals surface area contributed by atoms with E-state index in [1.54, 1.807) is 53.5 Å². The van der Waals surface area contributed by atoms with Crippen LogP contribution < -0.4 is 5.32 Å². The Balaban J connectivity index is 1.81. The molecule has 0 unspecified atom stereocenters. The van der Waals surface area contributed by atoms with Gasteiger partial charge in [-0.3, -0.25) is 9.78 Å². The number of anilines is 1. The minimum absolute atomic E-state index is 0.296. The second kappa shape index (κ2) is 7.21. The van der Waals surface area contributed by atoms with E-state index < -0.39 is 0 Å². The minimum atomic E-state index is -0.376. The number of rotatable bonds is 4. The van der Waals surface area contributed by atoms with Gasteiger partial charge in [-0.15, -0.1) is 0 Å². The number of carbonyl (C=O) groups excluding carboxylic acids is 1. The summed E-state index contributed by atoms with van der Waals surface area (Å²) < 4.78 is 15.3. The Labute approximate surface area is 155 Å². The third-order valence-electron chi connectivity index (χ3n) is 4.05. The normalized spacial score (nSPS) is 10.6. The molecule has 0 saturated carbocycles. The number of hydrogen-bond donors (Lipinski definition) is 1. The number of benzene rings is 2. The molecular weight excluding hydrogens is 343 g/mol. The lowest BCUT2D eigenvalue weighted by Crippen LogP contribution is -2.13. The van der Waals surface area contributed by atoms with Crippen LogP contribution in [0.3, 0.4) is 0 Å². The molecule has 1 N–H and O–H groups in total. The van der Waals surface area contributed by atoms with Gasteiger partial charge in [-0.1, -0.05) is 24.3 Å². The molecule has 0 aliphatic carbocycles. The molecule has 0 saturated heterocycles. The van der Waals surface area contributed by atoms with E-state index in [1.165, 1.54) is 18.3 Å². The van der Waals surface area contributed by atoms with E-state index in [1.807, 2.05) is 18.2 Å². The van der Waals surface area contributed by atoms with Crippen molar-refractivity contribution in [1.82, 2.24) is 14.8 Å². The maximum Gasteiger partial charge on any atom is 0.259 e. The summed E-state index contributed by atoms with van der Waals surface area (Å²) in [4.78, 5) is 16.9. The molecule has 1 amide bonds.